The molecule has 0 aromatic rings. The van der Waals surface area contributed by atoms with Crippen molar-refractivity contribution in [2.45, 2.75) is 0 Å². The van der Waals surface area contributed by atoms with Gasteiger partial charge in [0.05, 0.1) is 0 Å². The molecular formula is H3KNO2-. The van der Waals surface area contributed by atoms with E-state index in [9.17, 15) is 0 Å². The van der Waals surface area contributed by atoms with Crippen LogP contribution in [0.2, 0.25) is 0 Å². The van der Waals surface area contributed by atoms with Gasteiger partial charge in [0.1, 0.15) is 0 Å². The zero-order chi connectivity index (χ0) is 2.00. The second-order valence-electron chi connectivity index (χ2n) is 0. The summed E-state index contributed by atoms with van der Waals surface area (Å²) in [6.45, 7) is 0. The molecule has 0 fully saturated rings. The van der Waals surface area contributed by atoms with Crippen molar-refractivity contribution in [3.8, 4) is 0 Å². The van der Waals surface area contributed by atoms with Crippen LogP contribution in [0.15, 0.2) is 0 Å². The normalized spacial score (nSPS) is 1.50. The summed E-state index contributed by atoms with van der Waals surface area (Å²) in [5, 5.41) is 7.75. The van der Waals surface area contributed by atoms with Gasteiger partial charge >= 0.3 is 51.4 Å². The molecule has 0 rings (SSSR count). The van der Waals surface area contributed by atoms with Crippen molar-refractivity contribution in [1.29, 1.82) is 0 Å². The maximum atomic E-state index is 7.75. The van der Waals surface area contributed by atoms with Crippen LogP contribution in [0.3, 0.4) is 0 Å². The molecule has 0 unspecified atom stereocenters. The third kappa shape index (κ3) is 9.68. The van der Waals surface area contributed by atoms with Crippen LogP contribution < -0.4 is 57.3 Å². The standard InChI is InChI=1S/K.H2NO.H2O/c;1-2;/h;1H2;1H2/q+1;-1;/p-1. The van der Waals surface area contributed by atoms with E-state index in [1.54, 1.807) is 0 Å². The van der Waals surface area contributed by atoms with Gasteiger partial charge in [0.2, 0.25) is 0 Å². The van der Waals surface area contributed by atoms with E-state index in [1.807, 2.05) is 0 Å². The Kier molecular flexibility index (Phi) is 108. The van der Waals surface area contributed by atoms with Gasteiger partial charge in [-0.05, 0) is 0 Å². The third-order valence-electron chi connectivity index (χ3n) is 0. The molecule has 0 radical (unpaired) electrons. The molecule has 0 atom stereocenters. The van der Waals surface area contributed by atoms with Crippen molar-refractivity contribution < 1.29 is 56.9 Å². The number of hydrogen-bond donors (Lipinski definition) is 1. The molecule has 3 nitrogen and oxygen atoms in total. The predicted octanol–water partition coefficient (Wildman–Crippen LogP) is -3.73. The van der Waals surface area contributed by atoms with Crippen LogP contribution in [-0.2, 0) is 0 Å². The Morgan fingerprint density at radius 1 is 1.25 bits per heavy atom. The fourth-order valence-corrected chi connectivity index (χ4v) is 0. The van der Waals surface area contributed by atoms with Gasteiger partial charge in [0.25, 0.3) is 0 Å². The molecular weight excluding hydrogens is 85.1 g/mol. The van der Waals surface area contributed by atoms with E-state index in [0.29, 0.717) is 0 Å². The molecule has 0 aromatic heterocycles. The first-order valence-corrected chi connectivity index (χ1v) is 0.236. The van der Waals surface area contributed by atoms with E-state index in [-0.39, 0.29) is 56.9 Å². The molecule has 0 saturated heterocycles. The molecule has 0 aromatic carbocycles. The molecule has 0 aliphatic rings. The van der Waals surface area contributed by atoms with Crippen LogP contribution in [-0.4, -0.2) is 5.48 Å². The maximum absolute atomic E-state index is 7.75. The van der Waals surface area contributed by atoms with E-state index in [1.165, 1.54) is 0 Å². The minimum atomic E-state index is 0. The van der Waals surface area contributed by atoms with Gasteiger partial charge in [-0.3, -0.25) is 0 Å². The Bertz CT molecular complexity index is 6.00. The van der Waals surface area contributed by atoms with Crippen molar-refractivity contribution in [1.82, 2.24) is 0 Å². The maximum Gasteiger partial charge on any atom is 1.00 e. The second kappa shape index (κ2) is 24.3. The van der Waals surface area contributed by atoms with Crippen LogP contribution >= 0.6 is 0 Å². The van der Waals surface area contributed by atoms with Crippen LogP contribution in [0.5, 0.6) is 0 Å². The summed E-state index contributed by atoms with van der Waals surface area (Å²) in [7, 11) is 0. The van der Waals surface area contributed by atoms with Crippen LogP contribution in [0, 0.1) is 5.21 Å². The molecule has 4 heteroatoms. The smallest absolute Gasteiger partial charge is 0.870 e. The molecule has 0 saturated carbocycles. The summed E-state index contributed by atoms with van der Waals surface area (Å²) in [5.41, 5.74) is 0. The largest absolute Gasteiger partial charge is 1.00 e. The summed E-state index contributed by atoms with van der Waals surface area (Å²) in [6, 6.07) is 0. The molecule has 0 aliphatic carbocycles. The average Bonchev–Trinajstić information content (AvgIpc) is 1.00. The fraction of sp³-hybridized carbons (Fsp3) is 0. The molecule has 3 N–H and O–H groups in total. The topological polar surface area (TPSA) is 79.1 Å². The molecule has 0 spiro atoms. The zero-order valence-electron chi connectivity index (χ0n) is 2.43. The van der Waals surface area contributed by atoms with Crippen LogP contribution in [0.1, 0.15) is 0 Å². The third-order valence-corrected chi connectivity index (χ3v) is 0. The molecule has 0 heterocycles. The first-order valence-electron chi connectivity index (χ1n) is 0.236. The predicted molar refractivity (Wildman–Crippen MR) is 9.49 cm³/mol. The summed E-state index contributed by atoms with van der Waals surface area (Å²) < 4.78 is 0. The fourth-order valence-electron chi connectivity index (χ4n) is 0. The van der Waals surface area contributed by atoms with Crippen molar-refractivity contribution in [3.05, 3.63) is 5.21 Å². The molecule has 4 heavy (non-hydrogen) atoms. The van der Waals surface area contributed by atoms with E-state index >= 15 is 0 Å². The second-order valence-corrected chi connectivity index (χ2v) is 0. The Labute approximate surface area is 66.9 Å². The molecule has 0 aliphatic heterocycles. The summed E-state index contributed by atoms with van der Waals surface area (Å²) in [4.78, 5) is 0. The van der Waals surface area contributed by atoms with Crippen LogP contribution in [0.25, 0.3) is 0 Å². The number of nitrogens with two attached hydrogens (primary N) is 1. The van der Waals surface area contributed by atoms with Crippen LogP contribution in [0.4, 0.5) is 0 Å². The van der Waals surface area contributed by atoms with Crippen molar-refractivity contribution in [2.75, 3.05) is 0 Å². The molecule has 0 amide bonds. The Morgan fingerprint density at radius 2 is 1.25 bits per heavy atom. The van der Waals surface area contributed by atoms with Gasteiger partial charge in [0.15, 0.2) is 0 Å². The first kappa shape index (κ1) is 17.8. The van der Waals surface area contributed by atoms with E-state index in [0.717, 1.165) is 0 Å². The molecule has 22 valence electrons. The van der Waals surface area contributed by atoms with E-state index in [2.05, 4.69) is 5.90 Å². The van der Waals surface area contributed by atoms with Gasteiger partial charge in [-0.15, -0.1) is 0 Å². The summed E-state index contributed by atoms with van der Waals surface area (Å²) in [6.07, 6.45) is 0. The quantitative estimate of drug-likeness (QED) is 0.244. The summed E-state index contributed by atoms with van der Waals surface area (Å²) in [5.74, 6) is 3.25. The monoisotopic (exact) mass is 88.0 g/mol. The van der Waals surface area contributed by atoms with E-state index in [4.69, 9.17) is 5.21 Å². The Balaban J connectivity index is -0.00000000500. The average molecular weight is 88.1 g/mol. The van der Waals surface area contributed by atoms with Crippen molar-refractivity contribution in [2.24, 2.45) is 5.90 Å². The first-order chi connectivity index (χ1) is 1.00. The zero-order valence-corrected chi connectivity index (χ0v) is 5.56. The van der Waals surface area contributed by atoms with Gasteiger partial charge in [-0.2, -0.15) is 0 Å². The summed E-state index contributed by atoms with van der Waals surface area (Å²) >= 11 is 0. The van der Waals surface area contributed by atoms with Gasteiger partial charge < -0.3 is 16.6 Å². The van der Waals surface area contributed by atoms with E-state index < -0.39 is 0 Å². The minimum Gasteiger partial charge on any atom is -0.870 e. The van der Waals surface area contributed by atoms with Crippen molar-refractivity contribution >= 4 is 0 Å². The Morgan fingerprint density at radius 3 is 1.25 bits per heavy atom. The van der Waals surface area contributed by atoms with Gasteiger partial charge in [0, 0.05) is 0 Å². The van der Waals surface area contributed by atoms with Crippen molar-refractivity contribution in [3.63, 3.8) is 0 Å². The number of rotatable bonds is 0. The van der Waals surface area contributed by atoms with Gasteiger partial charge in [-0.1, -0.05) is 0 Å². The Hall–Kier alpha value is 1.52. The number of hydrogen-bond acceptors (Lipinski definition) is 3. The minimum absolute atomic E-state index is 0. The SMILES string of the molecule is N[O-].[K+].[OH-]. The van der Waals surface area contributed by atoms with Gasteiger partial charge in [-0.25, -0.2) is 0 Å². The molecule has 0 bridgehead atoms.